The highest BCUT2D eigenvalue weighted by Gasteiger charge is 2.09. The second-order valence-electron chi connectivity index (χ2n) is 4.23. The number of aromatic nitrogens is 2. The summed E-state index contributed by atoms with van der Waals surface area (Å²) in [6.07, 6.45) is 0.995. The lowest BCUT2D eigenvalue weighted by molar-refractivity contribution is 0.387. The molecule has 1 heterocycles. The van der Waals surface area contributed by atoms with Crippen LogP contribution in [0.15, 0.2) is 53.5 Å². The smallest absolute Gasteiger partial charge is 0.332 e. The van der Waals surface area contributed by atoms with E-state index in [2.05, 4.69) is 10.5 Å². The van der Waals surface area contributed by atoms with Gasteiger partial charge >= 0.3 is 5.56 Å². The Morgan fingerprint density at radius 1 is 1.05 bits per heavy atom. The molecule has 0 aliphatic carbocycles. The highest BCUT2D eigenvalue weighted by molar-refractivity contribution is 5.93. The monoisotopic (exact) mass is 269 g/mol. The third-order valence-electron chi connectivity index (χ3n) is 2.95. The van der Waals surface area contributed by atoms with Gasteiger partial charge in [-0.1, -0.05) is 36.4 Å². The maximum atomic E-state index is 11.8. The molecule has 0 aliphatic rings. The zero-order chi connectivity index (χ0) is 14.1. The lowest BCUT2D eigenvalue weighted by atomic mass is 10.1. The number of benzene rings is 2. The van der Waals surface area contributed by atoms with Crippen molar-refractivity contribution in [3.63, 3.8) is 0 Å². The summed E-state index contributed by atoms with van der Waals surface area (Å²) in [7, 11) is 0. The molecule has 0 saturated carbocycles. The highest BCUT2D eigenvalue weighted by atomic mass is 16.3. The minimum Gasteiger partial charge on any atom is -0.503 e. The summed E-state index contributed by atoms with van der Waals surface area (Å²) in [5.41, 5.74) is 2.65. The van der Waals surface area contributed by atoms with E-state index in [4.69, 9.17) is 0 Å². The fourth-order valence-electron chi connectivity index (χ4n) is 1.95. The zero-order valence-electron chi connectivity index (χ0n) is 10.3. The van der Waals surface area contributed by atoms with Crippen molar-refractivity contribution in [1.29, 1.82) is 0 Å². The molecule has 0 spiro atoms. The van der Waals surface area contributed by atoms with E-state index in [9.17, 15) is 15.0 Å². The predicted molar refractivity (Wildman–Crippen MR) is 74.8 cm³/mol. The van der Waals surface area contributed by atoms with Gasteiger partial charge in [0.15, 0.2) is 5.75 Å². The summed E-state index contributed by atoms with van der Waals surface area (Å²) < 4.78 is 0. The minimum absolute atomic E-state index is 0.550. The van der Waals surface area contributed by atoms with E-state index in [1.54, 1.807) is 6.07 Å². The molecule has 6 heteroatoms. The second kappa shape index (κ2) is 4.58. The largest absolute Gasteiger partial charge is 0.503 e. The van der Waals surface area contributed by atoms with E-state index in [0.717, 1.165) is 21.8 Å². The maximum absolute atomic E-state index is 11.8. The van der Waals surface area contributed by atoms with Crippen LogP contribution < -0.4 is 11.0 Å². The van der Waals surface area contributed by atoms with E-state index < -0.39 is 17.1 Å². The Bertz CT molecular complexity index is 837. The van der Waals surface area contributed by atoms with E-state index in [-0.39, 0.29) is 0 Å². The lowest BCUT2D eigenvalue weighted by Gasteiger charge is -2.11. The number of rotatable bonds is 2. The number of hydrogen-bond donors (Lipinski definition) is 3. The molecule has 0 amide bonds. The van der Waals surface area contributed by atoms with Crippen LogP contribution in [-0.2, 0) is 0 Å². The molecule has 0 radical (unpaired) electrons. The van der Waals surface area contributed by atoms with Gasteiger partial charge in [-0.05, 0) is 11.5 Å². The van der Waals surface area contributed by atoms with Gasteiger partial charge in [0.05, 0.1) is 11.9 Å². The van der Waals surface area contributed by atoms with Crippen LogP contribution in [0.3, 0.4) is 0 Å². The molecule has 6 nitrogen and oxygen atoms in total. The van der Waals surface area contributed by atoms with E-state index in [1.807, 2.05) is 36.4 Å². The Balaban J connectivity index is 2.11. The molecule has 1 aromatic heterocycles. The molecule has 20 heavy (non-hydrogen) atoms. The molecule has 2 aromatic carbocycles. The van der Waals surface area contributed by atoms with Crippen molar-refractivity contribution >= 4 is 16.5 Å². The molecule has 3 rings (SSSR count). The van der Waals surface area contributed by atoms with Gasteiger partial charge in [-0.2, -0.15) is 5.10 Å². The first-order valence-corrected chi connectivity index (χ1v) is 5.92. The second-order valence-corrected chi connectivity index (χ2v) is 4.23. The number of anilines is 1. The van der Waals surface area contributed by atoms with Gasteiger partial charge in [0.2, 0.25) is 5.75 Å². The van der Waals surface area contributed by atoms with Gasteiger partial charge < -0.3 is 10.2 Å². The molecular weight excluding hydrogens is 258 g/mol. The quantitative estimate of drug-likeness (QED) is 0.659. The summed E-state index contributed by atoms with van der Waals surface area (Å²) >= 11 is 0. The molecule has 3 N–H and O–H groups in total. The van der Waals surface area contributed by atoms with Gasteiger partial charge in [0.25, 0.3) is 0 Å². The minimum atomic E-state index is -0.821. The van der Waals surface area contributed by atoms with Crippen LogP contribution in [0, 0.1) is 0 Å². The van der Waals surface area contributed by atoms with Crippen LogP contribution in [0.5, 0.6) is 11.5 Å². The van der Waals surface area contributed by atoms with Crippen LogP contribution in [0.25, 0.3) is 10.8 Å². The molecule has 0 atom stereocenters. The molecule has 0 aliphatic heterocycles. The number of nitrogens with zero attached hydrogens (tertiary/aromatic N) is 2. The van der Waals surface area contributed by atoms with Gasteiger partial charge in [-0.3, -0.25) is 10.2 Å². The van der Waals surface area contributed by atoms with E-state index >= 15 is 0 Å². The Morgan fingerprint density at radius 3 is 2.65 bits per heavy atom. The fraction of sp³-hybridized carbons (Fsp3) is 0. The molecule has 0 fully saturated rings. The number of fused-ring (bicyclic) bond motifs is 1. The Morgan fingerprint density at radius 2 is 1.80 bits per heavy atom. The maximum Gasteiger partial charge on any atom is 0.332 e. The predicted octanol–water partition coefficient (Wildman–Crippen LogP) is 1.68. The first-order valence-electron chi connectivity index (χ1n) is 5.92. The third-order valence-corrected chi connectivity index (χ3v) is 2.95. The SMILES string of the molecule is O=c1c(O)c(O)cnn1Nc1cccc2ccccc12. The number of nitrogens with one attached hydrogen (secondary N) is 1. The van der Waals surface area contributed by atoms with Crippen molar-refractivity contribution < 1.29 is 10.2 Å². The first-order chi connectivity index (χ1) is 9.66. The molecule has 0 unspecified atom stereocenters. The third kappa shape index (κ3) is 1.93. The topological polar surface area (TPSA) is 87.4 Å². The Labute approximate surface area is 113 Å². The van der Waals surface area contributed by atoms with Crippen molar-refractivity contribution in [2.24, 2.45) is 0 Å². The van der Waals surface area contributed by atoms with E-state index in [1.165, 1.54) is 0 Å². The van der Waals surface area contributed by atoms with Gasteiger partial charge in [0.1, 0.15) is 0 Å². The van der Waals surface area contributed by atoms with Crippen LogP contribution in [0.2, 0.25) is 0 Å². The molecule has 0 saturated heterocycles. The van der Waals surface area contributed by atoms with Crippen molar-refractivity contribution in [2.45, 2.75) is 0 Å². The summed E-state index contributed by atoms with van der Waals surface area (Å²) in [6.45, 7) is 0. The van der Waals surface area contributed by atoms with Crippen LogP contribution in [0.4, 0.5) is 5.69 Å². The van der Waals surface area contributed by atoms with Crippen LogP contribution in [-0.4, -0.2) is 20.1 Å². The lowest BCUT2D eigenvalue weighted by Crippen LogP contribution is -2.28. The average Bonchev–Trinajstić information content (AvgIpc) is 2.48. The summed E-state index contributed by atoms with van der Waals surface area (Å²) in [5, 5.41) is 24.3. The van der Waals surface area contributed by atoms with Crippen molar-refractivity contribution in [3.05, 3.63) is 59.0 Å². The fourth-order valence-corrected chi connectivity index (χ4v) is 1.95. The standard InChI is InChI=1S/C14H11N3O3/c18-12-8-15-17(14(20)13(12)19)16-11-7-3-5-9-4-1-2-6-10(9)11/h1-8,16,18-19H. The normalized spacial score (nSPS) is 10.6. The summed E-state index contributed by atoms with van der Waals surface area (Å²) in [5.74, 6) is -1.29. The van der Waals surface area contributed by atoms with E-state index in [0.29, 0.717) is 5.69 Å². The molecular formula is C14H11N3O3. The molecule has 100 valence electrons. The Hall–Kier alpha value is -3.02. The number of aromatic hydroxyl groups is 2. The van der Waals surface area contributed by atoms with Gasteiger partial charge in [-0.15, -0.1) is 4.79 Å². The van der Waals surface area contributed by atoms with Crippen molar-refractivity contribution in [2.75, 3.05) is 5.43 Å². The Kier molecular flexibility index (Phi) is 2.76. The van der Waals surface area contributed by atoms with Crippen LogP contribution >= 0.6 is 0 Å². The average molecular weight is 269 g/mol. The van der Waals surface area contributed by atoms with Gasteiger partial charge in [-0.25, -0.2) is 0 Å². The first kappa shape index (κ1) is 12.0. The van der Waals surface area contributed by atoms with Gasteiger partial charge in [0, 0.05) is 5.39 Å². The summed E-state index contributed by atoms with van der Waals surface area (Å²) in [6, 6.07) is 13.2. The van der Waals surface area contributed by atoms with Crippen molar-refractivity contribution in [1.82, 2.24) is 9.89 Å². The van der Waals surface area contributed by atoms with Crippen molar-refractivity contribution in [3.8, 4) is 11.5 Å². The number of hydrogen-bond acceptors (Lipinski definition) is 5. The zero-order valence-corrected chi connectivity index (χ0v) is 10.3. The molecule has 0 bridgehead atoms. The highest BCUT2D eigenvalue weighted by Crippen LogP contribution is 2.23. The summed E-state index contributed by atoms with van der Waals surface area (Å²) in [4.78, 5) is 12.6. The molecule has 3 aromatic rings. The van der Waals surface area contributed by atoms with Crippen LogP contribution in [0.1, 0.15) is 0 Å².